The number of ether oxygens (including phenoxy) is 1. The number of methoxy groups -OCH3 is 1. The number of fused-ring (bicyclic) bond motifs is 1. The largest absolute Gasteiger partial charge is 0.467 e. The van der Waals surface area contributed by atoms with Crippen LogP contribution in [0.1, 0.15) is 35.2 Å². The van der Waals surface area contributed by atoms with Crippen molar-refractivity contribution in [3.05, 3.63) is 70.0 Å². The van der Waals surface area contributed by atoms with Crippen LogP contribution in [0.5, 0.6) is 0 Å². The molecule has 2 N–H and O–H groups in total. The van der Waals surface area contributed by atoms with Crippen LogP contribution in [-0.4, -0.2) is 36.6 Å². The first-order valence-electron chi connectivity index (χ1n) is 10.7. The molecule has 7 nitrogen and oxygen atoms in total. The zero-order valence-electron chi connectivity index (χ0n) is 18.2. The minimum atomic E-state index is -4.79. The molecule has 1 aliphatic rings. The molecular formula is C24H22F3N3O4. The highest BCUT2D eigenvalue weighted by Gasteiger charge is 2.36. The number of pyridine rings is 1. The summed E-state index contributed by atoms with van der Waals surface area (Å²) in [6.45, 7) is 0.398. The van der Waals surface area contributed by atoms with E-state index in [1.807, 2.05) is 0 Å². The Bertz CT molecular complexity index is 1300. The number of benzene rings is 2. The number of carbonyl (C=O) groups excluding carboxylic acids is 2. The number of amides is 1. The predicted molar refractivity (Wildman–Crippen MR) is 121 cm³/mol. The summed E-state index contributed by atoms with van der Waals surface area (Å²) in [4.78, 5) is 42.0. The second-order valence-electron chi connectivity index (χ2n) is 7.99. The van der Waals surface area contributed by atoms with E-state index in [0.29, 0.717) is 18.5 Å². The molecule has 1 atom stereocenters. The normalized spacial score (nSPS) is 16.4. The Labute approximate surface area is 192 Å². The van der Waals surface area contributed by atoms with Crippen molar-refractivity contribution in [2.75, 3.05) is 23.9 Å². The zero-order chi connectivity index (χ0) is 24.5. The topological polar surface area (TPSA) is 91.5 Å². The fourth-order valence-corrected chi connectivity index (χ4v) is 4.20. The number of hydrogen-bond donors (Lipinski definition) is 2. The summed E-state index contributed by atoms with van der Waals surface area (Å²) < 4.78 is 46.6. The number of alkyl halides is 3. The maximum atomic E-state index is 13.9. The van der Waals surface area contributed by atoms with Crippen molar-refractivity contribution in [3.63, 3.8) is 0 Å². The molecular weight excluding hydrogens is 451 g/mol. The lowest BCUT2D eigenvalue weighted by atomic mass is 10.00. The molecule has 2 aromatic carbocycles. The van der Waals surface area contributed by atoms with Gasteiger partial charge in [0.25, 0.3) is 5.91 Å². The van der Waals surface area contributed by atoms with Crippen LogP contribution >= 0.6 is 0 Å². The van der Waals surface area contributed by atoms with E-state index in [-0.39, 0.29) is 16.6 Å². The van der Waals surface area contributed by atoms with Gasteiger partial charge >= 0.3 is 12.1 Å². The SMILES string of the molecule is COC(=O)C1CCCCN1c1ccc(NC(=O)c2c[nH]c3ccccc3c2=O)c(C(F)(F)F)c1. The second kappa shape index (κ2) is 9.20. The Hall–Kier alpha value is -3.82. The fraction of sp³-hybridized carbons (Fsp3) is 0.292. The van der Waals surface area contributed by atoms with E-state index >= 15 is 0 Å². The van der Waals surface area contributed by atoms with Crippen LogP contribution in [0, 0.1) is 0 Å². The van der Waals surface area contributed by atoms with Gasteiger partial charge in [-0.1, -0.05) is 12.1 Å². The lowest BCUT2D eigenvalue weighted by Gasteiger charge is -2.36. The van der Waals surface area contributed by atoms with Crippen LogP contribution in [-0.2, 0) is 15.7 Å². The van der Waals surface area contributed by atoms with E-state index in [4.69, 9.17) is 4.74 Å². The van der Waals surface area contributed by atoms with Crippen molar-refractivity contribution < 1.29 is 27.5 Å². The van der Waals surface area contributed by atoms with Gasteiger partial charge in [-0.3, -0.25) is 9.59 Å². The van der Waals surface area contributed by atoms with E-state index in [1.54, 1.807) is 23.1 Å². The number of hydrogen-bond acceptors (Lipinski definition) is 5. The van der Waals surface area contributed by atoms with E-state index < -0.39 is 40.8 Å². The van der Waals surface area contributed by atoms with Crippen LogP contribution in [0.3, 0.4) is 0 Å². The van der Waals surface area contributed by atoms with Crippen LogP contribution < -0.4 is 15.6 Å². The van der Waals surface area contributed by atoms with E-state index in [1.165, 1.54) is 25.4 Å². The number of piperidine rings is 1. The van der Waals surface area contributed by atoms with Crippen molar-refractivity contribution >= 4 is 34.2 Å². The molecule has 0 bridgehead atoms. The average molecular weight is 473 g/mol. The number of halogens is 3. The summed E-state index contributed by atoms with van der Waals surface area (Å²) in [5.74, 6) is -1.48. The van der Waals surface area contributed by atoms with Crippen molar-refractivity contribution in [1.82, 2.24) is 4.98 Å². The minimum Gasteiger partial charge on any atom is -0.467 e. The Kier molecular flexibility index (Phi) is 6.32. The summed E-state index contributed by atoms with van der Waals surface area (Å²) >= 11 is 0. The van der Waals surface area contributed by atoms with Gasteiger partial charge in [0, 0.05) is 29.3 Å². The van der Waals surface area contributed by atoms with Crippen molar-refractivity contribution in [2.24, 2.45) is 0 Å². The molecule has 1 saturated heterocycles. The average Bonchev–Trinajstić information content (AvgIpc) is 2.83. The molecule has 4 rings (SSSR count). The fourth-order valence-electron chi connectivity index (χ4n) is 4.20. The van der Waals surface area contributed by atoms with Crippen molar-refractivity contribution in [2.45, 2.75) is 31.5 Å². The second-order valence-corrected chi connectivity index (χ2v) is 7.99. The molecule has 1 fully saturated rings. The number of nitrogens with one attached hydrogen (secondary N) is 2. The molecule has 0 saturated carbocycles. The molecule has 10 heteroatoms. The molecule has 1 aliphatic heterocycles. The lowest BCUT2D eigenvalue weighted by molar-refractivity contribution is -0.142. The molecule has 3 aromatic rings. The number of anilines is 2. The Morgan fingerprint density at radius 2 is 1.91 bits per heavy atom. The summed E-state index contributed by atoms with van der Waals surface area (Å²) in [5.41, 5.74) is -1.76. The van der Waals surface area contributed by atoms with Crippen LogP contribution in [0.2, 0.25) is 0 Å². The summed E-state index contributed by atoms with van der Waals surface area (Å²) in [7, 11) is 1.24. The van der Waals surface area contributed by atoms with Gasteiger partial charge in [0.05, 0.1) is 18.4 Å². The van der Waals surface area contributed by atoms with Crippen molar-refractivity contribution in [3.8, 4) is 0 Å². The molecule has 0 radical (unpaired) electrons. The van der Waals surface area contributed by atoms with Gasteiger partial charge < -0.3 is 19.9 Å². The highest BCUT2D eigenvalue weighted by Crippen LogP contribution is 2.38. The van der Waals surface area contributed by atoms with Gasteiger partial charge in [0.1, 0.15) is 11.6 Å². The lowest BCUT2D eigenvalue weighted by Crippen LogP contribution is -2.45. The van der Waals surface area contributed by atoms with E-state index in [9.17, 15) is 27.6 Å². The number of esters is 1. The van der Waals surface area contributed by atoms with Crippen LogP contribution in [0.25, 0.3) is 10.9 Å². The number of para-hydroxylation sites is 1. The van der Waals surface area contributed by atoms with Crippen LogP contribution in [0.15, 0.2) is 53.5 Å². The number of H-pyrrole nitrogens is 1. The number of aromatic nitrogens is 1. The molecule has 1 unspecified atom stereocenters. The number of nitrogens with zero attached hydrogens (tertiary/aromatic N) is 1. The van der Waals surface area contributed by atoms with Gasteiger partial charge in [-0.05, 0) is 49.6 Å². The first kappa shape index (κ1) is 23.3. The maximum Gasteiger partial charge on any atom is 0.418 e. The number of carbonyl (C=O) groups is 2. The summed E-state index contributed by atoms with van der Waals surface area (Å²) in [6, 6.07) is 9.28. The minimum absolute atomic E-state index is 0.198. The van der Waals surface area contributed by atoms with Crippen molar-refractivity contribution in [1.29, 1.82) is 0 Å². The van der Waals surface area contributed by atoms with Crippen LogP contribution in [0.4, 0.5) is 24.5 Å². The first-order chi connectivity index (χ1) is 16.2. The molecule has 2 heterocycles. The molecule has 0 spiro atoms. The highest BCUT2D eigenvalue weighted by atomic mass is 19.4. The third kappa shape index (κ3) is 4.48. The van der Waals surface area contributed by atoms with E-state index in [0.717, 1.165) is 25.0 Å². The first-order valence-corrected chi connectivity index (χ1v) is 10.7. The maximum absolute atomic E-state index is 13.9. The molecule has 1 aromatic heterocycles. The van der Waals surface area contributed by atoms with Gasteiger partial charge in [0.2, 0.25) is 5.43 Å². The summed E-state index contributed by atoms with van der Waals surface area (Å²) in [6.07, 6.45) is -1.66. The highest BCUT2D eigenvalue weighted by molar-refractivity contribution is 6.06. The van der Waals surface area contributed by atoms with Gasteiger partial charge in [-0.2, -0.15) is 13.2 Å². The van der Waals surface area contributed by atoms with Gasteiger partial charge in [0.15, 0.2) is 0 Å². The zero-order valence-corrected chi connectivity index (χ0v) is 18.2. The third-order valence-electron chi connectivity index (χ3n) is 5.90. The smallest absolute Gasteiger partial charge is 0.418 e. The molecule has 178 valence electrons. The molecule has 34 heavy (non-hydrogen) atoms. The van der Waals surface area contributed by atoms with Gasteiger partial charge in [-0.15, -0.1) is 0 Å². The van der Waals surface area contributed by atoms with E-state index in [2.05, 4.69) is 10.3 Å². The predicted octanol–water partition coefficient (Wildman–Crippen LogP) is 4.33. The summed E-state index contributed by atoms with van der Waals surface area (Å²) in [5, 5.41) is 2.48. The standard InChI is InChI=1S/C24H22F3N3O4/c1-34-23(33)20-8-4-5-11-30(20)14-9-10-19(17(12-14)24(25,26)27)29-22(32)16-13-28-18-7-3-2-6-15(18)21(16)31/h2-3,6-7,9-10,12-13,20H,4-5,8,11H2,1H3,(H,28,31)(H,29,32). The Balaban J connectivity index is 1.69. The quantitative estimate of drug-likeness (QED) is 0.551. The molecule has 1 amide bonds. The monoisotopic (exact) mass is 473 g/mol. The Morgan fingerprint density at radius 3 is 2.65 bits per heavy atom. The van der Waals surface area contributed by atoms with Gasteiger partial charge in [-0.25, -0.2) is 4.79 Å². The number of rotatable bonds is 4. The Morgan fingerprint density at radius 1 is 1.15 bits per heavy atom. The number of aromatic amines is 1. The molecule has 0 aliphatic carbocycles. The third-order valence-corrected chi connectivity index (χ3v) is 5.90.